The number of nitrogens with one attached hydrogen (secondary N) is 2. The van der Waals surface area contributed by atoms with Gasteiger partial charge in [0.25, 0.3) is 11.8 Å². The highest BCUT2D eigenvalue weighted by Crippen LogP contribution is 2.28. The fraction of sp³-hybridized carbons (Fsp3) is 0.176. The molecule has 0 spiro atoms. The van der Waals surface area contributed by atoms with Gasteiger partial charge in [-0.05, 0) is 58.4 Å². The first-order valence-corrected chi connectivity index (χ1v) is 8.99. The lowest BCUT2D eigenvalue weighted by atomic mass is 10.3. The minimum atomic E-state index is -0.502. The van der Waals surface area contributed by atoms with Gasteiger partial charge in [0.2, 0.25) is 0 Å². The van der Waals surface area contributed by atoms with E-state index in [2.05, 4.69) is 42.7 Å². The Bertz CT molecular complexity index is 768. The summed E-state index contributed by atoms with van der Waals surface area (Å²) in [7, 11) is 1.56. The van der Waals surface area contributed by atoms with E-state index in [9.17, 15) is 9.59 Å². The minimum Gasteiger partial charge on any atom is -0.497 e. The van der Waals surface area contributed by atoms with Crippen LogP contribution in [0.1, 0.15) is 0 Å². The van der Waals surface area contributed by atoms with Crippen LogP contribution in [0.2, 0.25) is 0 Å². The van der Waals surface area contributed by atoms with E-state index in [-0.39, 0.29) is 13.2 Å². The maximum Gasteiger partial charge on any atom is 0.276 e. The van der Waals surface area contributed by atoms with Crippen LogP contribution in [0.15, 0.2) is 51.4 Å². The van der Waals surface area contributed by atoms with Gasteiger partial charge in [0.15, 0.2) is 13.2 Å². The number of ether oxygens (including phenoxy) is 3. The smallest absolute Gasteiger partial charge is 0.276 e. The summed E-state index contributed by atoms with van der Waals surface area (Å²) in [4.78, 5) is 23.4. The van der Waals surface area contributed by atoms with E-state index in [0.29, 0.717) is 21.7 Å². The molecule has 0 atom stereocenters. The number of rotatable bonds is 7. The molecular weight excluding hydrogens is 472 g/mol. The fourth-order valence-electron chi connectivity index (χ4n) is 1.77. The van der Waals surface area contributed by atoms with E-state index in [1.165, 1.54) is 0 Å². The molecule has 2 rings (SSSR count). The number of benzene rings is 2. The van der Waals surface area contributed by atoms with Crippen LogP contribution in [0, 0.1) is 0 Å². The Morgan fingerprint density at radius 3 is 2.04 bits per heavy atom. The molecular formula is C17H16Br2N2O5. The van der Waals surface area contributed by atoms with Crippen molar-refractivity contribution in [3.63, 3.8) is 0 Å². The highest BCUT2D eigenvalue weighted by molar-refractivity contribution is 9.11. The normalized spacial score (nSPS) is 9.96. The summed E-state index contributed by atoms with van der Waals surface area (Å²) in [5.74, 6) is 0.705. The van der Waals surface area contributed by atoms with Gasteiger partial charge in [-0.2, -0.15) is 0 Å². The predicted octanol–water partition coefficient (Wildman–Crippen LogP) is 2.83. The van der Waals surface area contributed by atoms with Crippen LogP contribution in [0.3, 0.4) is 0 Å². The molecule has 0 heterocycles. The van der Waals surface area contributed by atoms with Gasteiger partial charge in [-0.1, -0.05) is 15.9 Å². The molecule has 0 fully saturated rings. The Balaban J connectivity index is 1.68. The SMILES string of the molecule is COc1ccc(OCC(=O)NNC(=O)COc2ccc(Br)cc2Br)cc1. The van der Waals surface area contributed by atoms with Crippen molar-refractivity contribution in [2.24, 2.45) is 0 Å². The fourth-order valence-corrected chi connectivity index (χ4v) is 2.93. The topological polar surface area (TPSA) is 85.9 Å². The third-order valence-corrected chi connectivity index (χ3v) is 4.14. The molecule has 0 saturated carbocycles. The van der Waals surface area contributed by atoms with Crippen molar-refractivity contribution in [1.29, 1.82) is 0 Å². The molecule has 0 bridgehead atoms. The largest absolute Gasteiger partial charge is 0.497 e. The van der Waals surface area contributed by atoms with Crippen LogP contribution in [0.4, 0.5) is 0 Å². The lowest BCUT2D eigenvalue weighted by molar-refractivity contribution is -0.131. The first-order chi connectivity index (χ1) is 12.5. The van der Waals surface area contributed by atoms with Gasteiger partial charge in [0, 0.05) is 4.47 Å². The summed E-state index contributed by atoms with van der Waals surface area (Å²) in [5, 5.41) is 0. The van der Waals surface area contributed by atoms with E-state index in [4.69, 9.17) is 14.2 Å². The van der Waals surface area contributed by atoms with E-state index in [0.717, 1.165) is 4.47 Å². The second kappa shape index (κ2) is 10.0. The number of carbonyl (C=O) groups is 2. The lowest BCUT2D eigenvalue weighted by Crippen LogP contribution is -2.45. The Morgan fingerprint density at radius 1 is 0.885 bits per heavy atom. The Hall–Kier alpha value is -2.26. The molecule has 0 unspecified atom stereocenters. The second-order valence-electron chi connectivity index (χ2n) is 4.92. The highest BCUT2D eigenvalue weighted by Gasteiger charge is 2.08. The monoisotopic (exact) mass is 486 g/mol. The Kier molecular flexibility index (Phi) is 7.73. The summed E-state index contributed by atoms with van der Waals surface area (Å²) in [6, 6.07) is 12.1. The minimum absolute atomic E-state index is 0.244. The number of halogens is 2. The number of amides is 2. The van der Waals surface area contributed by atoms with E-state index >= 15 is 0 Å². The molecule has 2 aromatic carbocycles. The molecule has 2 aromatic rings. The summed E-state index contributed by atoms with van der Waals surface area (Å²) < 4.78 is 17.3. The van der Waals surface area contributed by atoms with Crippen molar-refractivity contribution in [2.75, 3.05) is 20.3 Å². The van der Waals surface area contributed by atoms with Crippen LogP contribution in [-0.2, 0) is 9.59 Å². The zero-order valence-corrected chi connectivity index (χ0v) is 16.9. The molecule has 7 nitrogen and oxygen atoms in total. The molecule has 0 aliphatic rings. The van der Waals surface area contributed by atoms with Gasteiger partial charge in [-0.25, -0.2) is 0 Å². The number of carbonyl (C=O) groups excluding carboxylic acids is 2. The van der Waals surface area contributed by atoms with E-state index in [1.807, 2.05) is 0 Å². The van der Waals surface area contributed by atoms with Crippen molar-refractivity contribution in [3.05, 3.63) is 51.4 Å². The van der Waals surface area contributed by atoms with Gasteiger partial charge >= 0.3 is 0 Å². The van der Waals surface area contributed by atoms with E-state index < -0.39 is 11.8 Å². The number of methoxy groups -OCH3 is 1. The maximum atomic E-state index is 11.7. The van der Waals surface area contributed by atoms with Crippen molar-refractivity contribution < 1.29 is 23.8 Å². The van der Waals surface area contributed by atoms with Crippen LogP contribution >= 0.6 is 31.9 Å². The predicted molar refractivity (Wildman–Crippen MR) is 102 cm³/mol. The zero-order valence-electron chi connectivity index (χ0n) is 13.8. The summed E-state index contributed by atoms with van der Waals surface area (Å²) >= 11 is 6.66. The third-order valence-electron chi connectivity index (χ3n) is 3.02. The number of hydrogen-bond acceptors (Lipinski definition) is 5. The molecule has 0 aliphatic carbocycles. The average Bonchev–Trinajstić information content (AvgIpc) is 2.64. The van der Waals surface area contributed by atoms with Gasteiger partial charge in [-0.15, -0.1) is 0 Å². The van der Waals surface area contributed by atoms with Gasteiger partial charge < -0.3 is 14.2 Å². The molecule has 26 heavy (non-hydrogen) atoms. The standard InChI is InChI=1S/C17H16Br2N2O5/c1-24-12-3-5-13(6-4-12)25-9-16(22)20-21-17(23)10-26-15-7-2-11(18)8-14(15)19/h2-8H,9-10H2,1H3,(H,20,22)(H,21,23). The zero-order chi connectivity index (χ0) is 18.9. The van der Waals surface area contributed by atoms with Crippen LogP contribution in [-0.4, -0.2) is 32.1 Å². The van der Waals surface area contributed by atoms with Gasteiger partial charge in [0.1, 0.15) is 17.2 Å². The number of hydrogen-bond donors (Lipinski definition) is 2. The van der Waals surface area contributed by atoms with Crippen molar-refractivity contribution in [2.45, 2.75) is 0 Å². The molecule has 2 amide bonds. The molecule has 138 valence electrons. The van der Waals surface area contributed by atoms with Gasteiger partial charge in [-0.3, -0.25) is 20.4 Å². The number of hydrazine groups is 1. The second-order valence-corrected chi connectivity index (χ2v) is 6.69. The van der Waals surface area contributed by atoms with Crippen LogP contribution < -0.4 is 25.1 Å². The third kappa shape index (κ3) is 6.57. The maximum absolute atomic E-state index is 11.7. The first-order valence-electron chi connectivity index (χ1n) is 7.40. The molecule has 0 saturated heterocycles. The van der Waals surface area contributed by atoms with Crippen molar-refractivity contribution in [3.8, 4) is 17.2 Å². The summed E-state index contributed by atoms with van der Waals surface area (Å²) in [5.41, 5.74) is 4.50. The highest BCUT2D eigenvalue weighted by atomic mass is 79.9. The van der Waals surface area contributed by atoms with Gasteiger partial charge in [0.05, 0.1) is 11.6 Å². The van der Waals surface area contributed by atoms with Crippen LogP contribution in [0.5, 0.6) is 17.2 Å². The first kappa shape index (κ1) is 20.1. The van der Waals surface area contributed by atoms with Crippen LogP contribution in [0.25, 0.3) is 0 Å². The molecule has 0 aromatic heterocycles. The molecule has 2 N–H and O–H groups in total. The Labute approximate surface area is 167 Å². The average molecular weight is 488 g/mol. The molecule has 9 heteroatoms. The summed E-state index contributed by atoms with van der Waals surface area (Å²) in [6.45, 7) is -0.494. The Morgan fingerprint density at radius 2 is 1.46 bits per heavy atom. The molecule has 0 radical (unpaired) electrons. The van der Waals surface area contributed by atoms with E-state index in [1.54, 1.807) is 49.6 Å². The van der Waals surface area contributed by atoms with Crippen molar-refractivity contribution >= 4 is 43.7 Å². The lowest BCUT2D eigenvalue weighted by Gasteiger charge is -2.11. The van der Waals surface area contributed by atoms with Crippen molar-refractivity contribution in [1.82, 2.24) is 10.9 Å². The quantitative estimate of drug-likeness (QED) is 0.586. The molecule has 0 aliphatic heterocycles. The summed E-state index contributed by atoms with van der Waals surface area (Å²) in [6.07, 6.45) is 0.